The monoisotopic (exact) mass is 518 g/mol. The fraction of sp³-hybridized carbons (Fsp3) is 0.444. The van der Waals surface area contributed by atoms with Crippen LogP contribution in [0.3, 0.4) is 0 Å². The van der Waals surface area contributed by atoms with E-state index in [9.17, 15) is 27.9 Å². The average Bonchev–Trinajstić information content (AvgIpc) is 3.20. The molecule has 2 aliphatic rings. The Kier molecular flexibility index (Phi) is 6.99. The second kappa shape index (κ2) is 9.79. The maximum atomic E-state index is 12.8. The van der Waals surface area contributed by atoms with Crippen LogP contribution in [0.15, 0.2) is 41.0 Å². The van der Waals surface area contributed by atoms with E-state index in [-0.39, 0.29) is 18.3 Å². The number of carbonyl (C=O) groups excluding carboxylic acids is 1. The van der Waals surface area contributed by atoms with Gasteiger partial charge in [0.15, 0.2) is 12.4 Å². The Bertz CT molecular complexity index is 1110. The first kappa shape index (κ1) is 24.3. The van der Waals surface area contributed by atoms with Gasteiger partial charge in [0.05, 0.1) is 0 Å². The van der Waals surface area contributed by atoms with Gasteiger partial charge in [0, 0.05) is 36.4 Å². The first-order valence-corrected chi connectivity index (χ1v) is 11.8. The van der Waals surface area contributed by atoms with Crippen LogP contribution in [0.2, 0.25) is 0 Å². The first-order valence-electron chi connectivity index (χ1n) is 9.79. The zero-order valence-electron chi connectivity index (χ0n) is 17.6. The number of carboxylic acids is 1. The summed E-state index contributed by atoms with van der Waals surface area (Å²) in [5.41, 5.74) is 1.15. The number of hydrogen-bond donors (Lipinski definition) is 2. The van der Waals surface area contributed by atoms with E-state index in [0.29, 0.717) is 27.9 Å². The minimum absolute atomic E-state index is 0.0258. The SMILES string of the molecule is Cn1nnnc1SCC1=C(C(=O)O)N2C(=O)[C@@H](Nc3cc[n+](COCC(F)(F)F)cc3)[C@H]2SC1. The number of aryl methyl sites for hydroxylation is 1. The number of alkyl halides is 3. The van der Waals surface area contributed by atoms with Gasteiger partial charge in [0.2, 0.25) is 5.16 Å². The molecule has 4 heterocycles. The molecular formula is C18H19F3N7O4S2+. The number of tetrazole rings is 1. The standard InChI is InChI=1S/C18H18F3N7O4S2/c1-26-17(23-24-25-26)34-7-10-6-33-15-12(14(29)28(15)13(10)16(30)31)22-11-2-4-27(5-3-11)9-32-8-18(19,20)21/h2-5,12,15H,6-9H2,1H3,(H,30,31)/p+1/t12-,15-/m1/s1. The predicted octanol–water partition coefficient (Wildman–Crippen LogP) is 0.861. The van der Waals surface area contributed by atoms with E-state index in [1.54, 1.807) is 19.2 Å². The lowest BCUT2D eigenvalue weighted by atomic mass is 10.0. The Morgan fingerprint density at radius 2 is 2.15 bits per heavy atom. The number of nitrogens with zero attached hydrogens (tertiary/aromatic N) is 6. The third kappa shape index (κ3) is 5.28. The maximum absolute atomic E-state index is 12.8. The number of aliphatic carboxylic acids is 1. The van der Waals surface area contributed by atoms with Crippen molar-refractivity contribution in [3.8, 4) is 0 Å². The van der Waals surface area contributed by atoms with Gasteiger partial charge in [0.25, 0.3) is 12.6 Å². The number of carboxylic acid groups (broad SMARTS) is 1. The van der Waals surface area contributed by atoms with Gasteiger partial charge < -0.3 is 15.2 Å². The molecule has 34 heavy (non-hydrogen) atoms. The van der Waals surface area contributed by atoms with Crippen LogP contribution in [0, 0.1) is 0 Å². The van der Waals surface area contributed by atoms with E-state index < -0.39 is 30.2 Å². The Labute approximate surface area is 199 Å². The number of pyridine rings is 1. The molecule has 0 aliphatic carbocycles. The minimum Gasteiger partial charge on any atom is -0.477 e. The molecule has 0 spiro atoms. The summed E-state index contributed by atoms with van der Waals surface area (Å²) >= 11 is 2.73. The van der Waals surface area contributed by atoms with Crippen LogP contribution < -0.4 is 9.88 Å². The fourth-order valence-corrected chi connectivity index (χ4v) is 5.71. The van der Waals surface area contributed by atoms with E-state index in [2.05, 4.69) is 25.6 Å². The summed E-state index contributed by atoms with van der Waals surface area (Å²) in [7, 11) is 1.68. The van der Waals surface area contributed by atoms with Crippen LogP contribution in [0.1, 0.15) is 0 Å². The van der Waals surface area contributed by atoms with Crippen molar-refractivity contribution in [3.63, 3.8) is 0 Å². The number of thioether (sulfide) groups is 2. The van der Waals surface area contributed by atoms with E-state index in [4.69, 9.17) is 0 Å². The number of aromatic nitrogens is 5. The van der Waals surface area contributed by atoms with Crippen LogP contribution in [-0.2, 0) is 28.1 Å². The van der Waals surface area contributed by atoms with Gasteiger partial charge in [-0.3, -0.25) is 9.69 Å². The Hall–Kier alpha value is -2.85. The third-order valence-electron chi connectivity index (χ3n) is 4.93. The number of β-lactam (4-membered cyclic amide) rings is 1. The molecule has 11 nitrogen and oxygen atoms in total. The number of amides is 1. The summed E-state index contributed by atoms with van der Waals surface area (Å²) in [5, 5.41) is 24.1. The lowest BCUT2D eigenvalue weighted by Crippen LogP contribution is -2.67. The number of anilines is 1. The predicted molar refractivity (Wildman–Crippen MR) is 113 cm³/mol. The van der Waals surface area contributed by atoms with Gasteiger partial charge in [-0.1, -0.05) is 11.8 Å². The molecule has 2 aromatic heterocycles. The normalized spacial score (nSPS) is 20.2. The zero-order valence-corrected chi connectivity index (χ0v) is 19.2. The summed E-state index contributed by atoms with van der Waals surface area (Å²) in [6.07, 6.45) is -1.36. The van der Waals surface area contributed by atoms with E-state index in [0.717, 1.165) is 0 Å². The van der Waals surface area contributed by atoms with Crippen LogP contribution >= 0.6 is 23.5 Å². The van der Waals surface area contributed by atoms with Crippen molar-refractivity contribution in [3.05, 3.63) is 35.8 Å². The number of hydrogen-bond acceptors (Lipinski definition) is 9. The van der Waals surface area contributed by atoms with Crippen molar-refractivity contribution in [2.45, 2.75) is 29.5 Å². The number of carbonyl (C=O) groups is 2. The molecule has 182 valence electrons. The molecule has 1 saturated heterocycles. The van der Waals surface area contributed by atoms with Crippen LogP contribution in [0.4, 0.5) is 18.9 Å². The molecular weight excluding hydrogens is 499 g/mol. The Morgan fingerprint density at radius 1 is 1.41 bits per heavy atom. The number of halogens is 3. The highest BCUT2D eigenvalue weighted by Crippen LogP contribution is 2.42. The molecule has 0 radical (unpaired) electrons. The van der Waals surface area contributed by atoms with Gasteiger partial charge in [-0.2, -0.15) is 17.7 Å². The average molecular weight is 519 g/mol. The van der Waals surface area contributed by atoms with E-state index in [1.165, 1.54) is 50.1 Å². The Balaban J connectivity index is 1.38. The highest BCUT2D eigenvalue weighted by atomic mass is 32.2. The van der Waals surface area contributed by atoms with Crippen LogP contribution in [0.5, 0.6) is 0 Å². The zero-order chi connectivity index (χ0) is 24.5. The van der Waals surface area contributed by atoms with Gasteiger partial charge in [-0.15, -0.1) is 16.9 Å². The lowest BCUT2D eigenvalue weighted by molar-refractivity contribution is -0.733. The largest absolute Gasteiger partial charge is 0.477 e. The molecule has 2 aromatic rings. The van der Waals surface area contributed by atoms with Crippen molar-refractivity contribution >= 4 is 41.1 Å². The van der Waals surface area contributed by atoms with E-state index in [1.807, 2.05) is 0 Å². The fourth-order valence-electron chi connectivity index (χ4n) is 3.38. The van der Waals surface area contributed by atoms with Crippen molar-refractivity contribution < 1.29 is 37.2 Å². The quantitative estimate of drug-likeness (QED) is 0.280. The third-order valence-corrected chi connectivity index (χ3v) is 7.36. The molecule has 0 bridgehead atoms. The summed E-state index contributed by atoms with van der Waals surface area (Å²) in [6.45, 7) is -1.62. The molecule has 1 fully saturated rings. The second-order valence-corrected chi connectivity index (χ2v) is 9.40. The first-order chi connectivity index (χ1) is 16.1. The van der Waals surface area contributed by atoms with Crippen molar-refractivity contribution in [2.24, 2.45) is 7.05 Å². The topological polar surface area (TPSA) is 126 Å². The highest BCUT2D eigenvalue weighted by Gasteiger charge is 2.53. The number of fused-ring (bicyclic) bond motifs is 1. The molecule has 0 aromatic carbocycles. The van der Waals surface area contributed by atoms with Crippen LogP contribution in [-0.4, -0.2) is 77.8 Å². The molecule has 2 N–H and O–H groups in total. The summed E-state index contributed by atoms with van der Waals surface area (Å²) in [5.74, 6) is -0.796. The highest BCUT2D eigenvalue weighted by molar-refractivity contribution is 8.01. The second-order valence-electron chi connectivity index (χ2n) is 7.36. The lowest BCUT2D eigenvalue weighted by Gasteiger charge is -2.49. The molecule has 0 unspecified atom stereocenters. The van der Waals surface area contributed by atoms with Gasteiger partial charge in [-0.25, -0.2) is 9.48 Å². The summed E-state index contributed by atoms with van der Waals surface area (Å²) in [6, 6.07) is 2.57. The molecule has 2 atom stereocenters. The molecule has 4 rings (SSSR count). The van der Waals surface area contributed by atoms with E-state index >= 15 is 0 Å². The summed E-state index contributed by atoms with van der Waals surface area (Å²) < 4.78 is 44.0. The molecule has 1 amide bonds. The van der Waals surface area contributed by atoms with Crippen molar-refractivity contribution in [1.29, 1.82) is 0 Å². The minimum atomic E-state index is -4.40. The summed E-state index contributed by atoms with van der Waals surface area (Å²) in [4.78, 5) is 26.1. The number of ether oxygens (including phenoxy) is 1. The van der Waals surface area contributed by atoms with Gasteiger partial charge >= 0.3 is 12.1 Å². The van der Waals surface area contributed by atoms with Gasteiger partial charge in [-0.05, 0) is 16.0 Å². The number of rotatable bonds is 9. The van der Waals surface area contributed by atoms with Crippen molar-refractivity contribution in [1.82, 2.24) is 25.1 Å². The smallest absolute Gasteiger partial charge is 0.412 e. The Morgan fingerprint density at radius 3 is 2.76 bits per heavy atom. The maximum Gasteiger partial charge on any atom is 0.412 e. The number of nitrogens with one attached hydrogen (secondary N) is 1. The molecule has 2 aliphatic heterocycles. The van der Waals surface area contributed by atoms with Crippen molar-refractivity contribution in [2.75, 3.05) is 23.4 Å². The molecule has 0 saturated carbocycles. The van der Waals surface area contributed by atoms with Crippen LogP contribution in [0.25, 0.3) is 0 Å². The van der Waals surface area contributed by atoms with Gasteiger partial charge in [0.1, 0.15) is 23.7 Å². The molecule has 16 heteroatoms.